The van der Waals surface area contributed by atoms with E-state index in [0.717, 1.165) is 12.2 Å². The molecular weight excluding hydrogens is 360 g/mol. The van der Waals surface area contributed by atoms with Crippen molar-refractivity contribution in [2.75, 3.05) is 6.61 Å². The van der Waals surface area contributed by atoms with Crippen LogP contribution < -0.4 is 4.74 Å². The average molecular weight is 388 g/mol. The molecule has 0 unspecified atom stereocenters. The molecule has 6 nitrogen and oxygen atoms in total. The highest BCUT2D eigenvalue weighted by Gasteiger charge is 2.46. The fraction of sp³-hybridized carbons (Fsp3) is 0.500. The lowest BCUT2D eigenvalue weighted by Gasteiger charge is -2.16. The lowest BCUT2D eigenvalue weighted by Crippen LogP contribution is -2.19. The Hall–Kier alpha value is -2.31. The Morgan fingerprint density at radius 3 is 2.86 bits per heavy atom. The van der Waals surface area contributed by atoms with E-state index in [1.165, 1.54) is 0 Å². The Bertz CT molecular complexity index is 698. The zero-order valence-corrected chi connectivity index (χ0v) is 15.8. The Kier molecular flexibility index (Phi) is 7.12. The number of benzene rings is 1. The summed E-state index contributed by atoms with van der Waals surface area (Å²) in [6.07, 6.45) is 7.02. The number of carboxylic acid groups (broad SMARTS) is 1. The smallest absolute Gasteiger partial charge is 0.303 e. The molecule has 2 fully saturated rings. The summed E-state index contributed by atoms with van der Waals surface area (Å²) >= 11 is 0. The first-order valence-corrected chi connectivity index (χ1v) is 9.82. The van der Waals surface area contributed by atoms with Crippen LogP contribution in [0.3, 0.4) is 0 Å². The molecule has 0 radical (unpaired) electrons. The lowest BCUT2D eigenvalue weighted by atomic mass is 9.90. The summed E-state index contributed by atoms with van der Waals surface area (Å²) in [5.74, 6) is 0.919. The Morgan fingerprint density at radius 1 is 1.32 bits per heavy atom. The van der Waals surface area contributed by atoms with Gasteiger partial charge >= 0.3 is 5.97 Å². The topological polar surface area (TPSA) is 96.2 Å². The highest BCUT2D eigenvalue weighted by atomic mass is 16.5. The quantitative estimate of drug-likeness (QED) is 0.445. The number of rotatable bonds is 9. The van der Waals surface area contributed by atoms with Gasteiger partial charge < -0.3 is 24.8 Å². The van der Waals surface area contributed by atoms with Gasteiger partial charge in [-0.2, -0.15) is 0 Å². The third-order valence-corrected chi connectivity index (χ3v) is 5.32. The van der Waals surface area contributed by atoms with Crippen molar-refractivity contribution in [3.8, 4) is 5.75 Å². The van der Waals surface area contributed by atoms with Crippen molar-refractivity contribution in [2.45, 2.75) is 50.4 Å². The molecule has 3 N–H and O–H groups in total. The maximum Gasteiger partial charge on any atom is 0.303 e. The zero-order valence-electron chi connectivity index (χ0n) is 15.8. The number of aliphatic hydroxyl groups excluding tert-OH is 2. The third kappa shape index (κ3) is 5.59. The van der Waals surface area contributed by atoms with Crippen LogP contribution in [-0.4, -0.2) is 46.2 Å². The minimum Gasteiger partial charge on any atom is -0.495 e. The van der Waals surface area contributed by atoms with E-state index in [0.29, 0.717) is 25.0 Å². The van der Waals surface area contributed by atoms with Crippen LogP contribution in [0.2, 0.25) is 0 Å². The van der Waals surface area contributed by atoms with Crippen molar-refractivity contribution in [2.24, 2.45) is 11.8 Å². The normalized spacial score (nSPS) is 29.0. The molecule has 1 aliphatic heterocycles. The molecular formula is C22H28O6. The zero-order chi connectivity index (χ0) is 19.9. The second-order valence-corrected chi connectivity index (χ2v) is 7.44. The fourth-order valence-electron chi connectivity index (χ4n) is 3.91. The number of fused-ring (bicyclic) bond motifs is 1. The van der Waals surface area contributed by atoms with Crippen LogP contribution in [0.25, 0.3) is 0 Å². The summed E-state index contributed by atoms with van der Waals surface area (Å²) in [5, 5.41) is 29.2. The van der Waals surface area contributed by atoms with Crippen molar-refractivity contribution >= 4 is 5.97 Å². The number of ether oxygens (including phenoxy) is 2. The van der Waals surface area contributed by atoms with E-state index < -0.39 is 18.2 Å². The predicted octanol–water partition coefficient (Wildman–Crippen LogP) is 2.91. The minimum absolute atomic E-state index is 0.0203. The molecule has 1 aromatic carbocycles. The molecule has 1 saturated carbocycles. The largest absolute Gasteiger partial charge is 0.495 e. The van der Waals surface area contributed by atoms with Gasteiger partial charge in [0.15, 0.2) is 0 Å². The van der Waals surface area contributed by atoms with Gasteiger partial charge in [0.1, 0.15) is 24.6 Å². The van der Waals surface area contributed by atoms with E-state index in [4.69, 9.17) is 14.6 Å². The standard InChI is InChI=1S/C22H28O6/c23-15(14-27-16-6-2-1-3-7-16)10-11-18-19-12-17(8-4-5-9-22(25)26)28-21(19)13-20(18)24/h1-3,6-8,10-11,15,18-21,23-24H,4-5,9,12-14H2,(H,25,26)/b11-10+,17-8+/t15-,18-,19-,20-,21+/m1/s1. The van der Waals surface area contributed by atoms with Gasteiger partial charge in [-0.25, -0.2) is 0 Å². The number of hydrogen-bond donors (Lipinski definition) is 3. The molecule has 1 aromatic rings. The summed E-state index contributed by atoms with van der Waals surface area (Å²) in [4.78, 5) is 10.6. The summed E-state index contributed by atoms with van der Waals surface area (Å²) in [6.45, 7) is 0.155. The first-order valence-electron chi connectivity index (χ1n) is 9.82. The van der Waals surface area contributed by atoms with E-state index >= 15 is 0 Å². The second-order valence-electron chi connectivity index (χ2n) is 7.44. The fourth-order valence-corrected chi connectivity index (χ4v) is 3.91. The average Bonchev–Trinajstić information content (AvgIpc) is 3.19. The summed E-state index contributed by atoms with van der Waals surface area (Å²) < 4.78 is 11.5. The van der Waals surface area contributed by atoms with Crippen molar-refractivity contribution in [1.82, 2.24) is 0 Å². The van der Waals surface area contributed by atoms with Crippen LogP contribution in [0.1, 0.15) is 32.1 Å². The predicted molar refractivity (Wildman–Crippen MR) is 104 cm³/mol. The first kappa shape index (κ1) is 20.4. The molecule has 0 spiro atoms. The number of carboxylic acids is 1. The number of allylic oxidation sites excluding steroid dienone is 2. The van der Waals surface area contributed by atoms with Crippen LogP contribution in [0.15, 0.2) is 54.3 Å². The van der Waals surface area contributed by atoms with Gasteiger partial charge in [0, 0.05) is 31.1 Å². The molecule has 0 bridgehead atoms. The second kappa shape index (κ2) is 9.75. The van der Waals surface area contributed by atoms with Crippen LogP contribution in [0.4, 0.5) is 0 Å². The van der Waals surface area contributed by atoms with E-state index in [1.54, 1.807) is 6.08 Å². The maximum absolute atomic E-state index is 10.6. The van der Waals surface area contributed by atoms with E-state index in [-0.39, 0.29) is 31.0 Å². The maximum atomic E-state index is 10.6. The number of carbonyl (C=O) groups is 1. The molecule has 0 amide bonds. The van der Waals surface area contributed by atoms with Crippen molar-refractivity contribution in [3.05, 3.63) is 54.3 Å². The number of para-hydroxylation sites is 1. The van der Waals surface area contributed by atoms with Crippen LogP contribution >= 0.6 is 0 Å². The SMILES string of the molecule is O=C(O)CCC/C=C1\C[C@@H]2[C@@H](/C=C/[C@@H](O)COc3ccccc3)[C@H](O)C[C@@H]2O1. The molecule has 152 valence electrons. The van der Waals surface area contributed by atoms with E-state index in [2.05, 4.69) is 0 Å². The molecule has 0 aromatic heterocycles. The van der Waals surface area contributed by atoms with E-state index in [9.17, 15) is 15.0 Å². The van der Waals surface area contributed by atoms with Gasteiger partial charge in [0.05, 0.1) is 11.9 Å². The summed E-state index contributed by atoms with van der Waals surface area (Å²) in [6, 6.07) is 9.32. The van der Waals surface area contributed by atoms with E-state index in [1.807, 2.05) is 42.5 Å². The van der Waals surface area contributed by atoms with Crippen molar-refractivity contribution < 1.29 is 29.6 Å². The number of aliphatic hydroxyl groups is 2. The molecule has 2 aliphatic rings. The molecule has 3 rings (SSSR count). The van der Waals surface area contributed by atoms with Crippen LogP contribution in [0.5, 0.6) is 5.75 Å². The molecule has 28 heavy (non-hydrogen) atoms. The Labute approximate surface area is 165 Å². The lowest BCUT2D eigenvalue weighted by molar-refractivity contribution is -0.137. The third-order valence-electron chi connectivity index (χ3n) is 5.32. The van der Waals surface area contributed by atoms with Gasteiger partial charge in [-0.1, -0.05) is 30.4 Å². The Morgan fingerprint density at radius 2 is 2.11 bits per heavy atom. The highest BCUT2D eigenvalue weighted by molar-refractivity contribution is 5.66. The highest BCUT2D eigenvalue weighted by Crippen LogP contribution is 2.45. The number of aliphatic carboxylic acids is 1. The number of unbranched alkanes of at least 4 members (excludes halogenated alkanes) is 1. The Balaban J connectivity index is 1.49. The van der Waals surface area contributed by atoms with Gasteiger partial charge in [-0.15, -0.1) is 0 Å². The van der Waals surface area contributed by atoms with Crippen molar-refractivity contribution in [3.63, 3.8) is 0 Å². The van der Waals surface area contributed by atoms with Crippen LogP contribution in [-0.2, 0) is 9.53 Å². The molecule has 1 saturated heterocycles. The van der Waals surface area contributed by atoms with Crippen molar-refractivity contribution in [1.29, 1.82) is 0 Å². The molecule has 5 atom stereocenters. The minimum atomic E-state index is -0.786. The molecule has 6 heteroatoms. The van der Waals surface area contributed by atoms with Gasteiger partial charge in [-0.05, 0) is 31.1 Å². The number of hydrogen-bond acceptors (Lipinski definition) is 5. The summed E-state index contributed by atoms with van der Waals surface area (Å²) in [7, 11) is 0. The van der Waals surface area contributed by atoms with Gasteiger partial charge in [0.25, 0.3) is 0 Å². The van der Waals surface area contributed by atoms with Crippen LogP contribution in [0, 0.1) is 11.8 Å². The molecule has 1 aliphatic carbocycles. The summed E-state index contributed by atoms with van der Waals surface area (Å²) in [5.41, 5.74) is 0. The molecule has 1 heterocycles. The van der Waals surface area contributed by atoms with Gasteiger partial charge in [0.2, 0.25) is 0 Å². The van der Waals surface area contributed by atoms with Gasteiger partial charge in [-0.3, -0.25) is 4.79 Å². The first-order chi connectivity index (χ1) is 13.5. The monoisotopic (exact) mass is 388 g/mol.